The van der Waals surface area contributed by atoms with Crippen molar-refractivity contribution >= 4 is 17.8 Å². The summed E-state index contributed by atoms with van der Waals surface area (Å²) >= 11 is 1.53. The zero-order valence-electron chi connectivity index (χ0n) is 23.7. The van der Waals surface area contributed by atoms with Crippen LogP contribution in [0.15, 0.2) is 126 Å². The maximum Gasteiger partial charge on any atom is 0.174 e. The van der Waals surface area contributed by atoms with E-state index in [1.165, 1.54) is 11.8 Å². The molecule has 0 aliphatic carbocycles. The van der Waals surface area contributed by atoms with Crippen LogP contribution in [-0.2, 0) is 37.2 Å². The predicted octanol–water partition coefficient (Wildman–Crippen LogP) is 6.42. The van der Waals surface area contributed by atoms with E-state index in [9.17, 15) is 5.11 Å². The van der Waals surface area contributed by atoms with Crippen molar-refractivity contribution in [3.63, 3.8) is 0 Å². The number of ether oxygens (including phenoxy) is 4. The van der Waals surface area contributed by atoms with E-state index in [0.29, 0.717) is 13.2 Å². The minimum atomic E-state index is -1.10. The van der Waals surface area contributed by atoms with Gasteiger partial charge in [-0.15, -0.1) is 0 Å². The van der Waals surface area contributed by atoms with Crippen molar-refractivity contribution in [3.8, 4) is 5.75 Å². The van der Waals surface area contributed by atoms with Crippen molar-refractivity contribution in [2.75, 3.05) is 7.11 Å². The molecular formula is C35H34O7S. The molecule has 1 N–H and O–H groups in total. The first-order valence-corrected chi connectivity index (χ1v) is 15.1. The van der Waals surface area contributed by atoms with Gasteiger partial charge in [-0.3, -0.25) is 0 Å². The van der Waals surface area contributed by atoms with Gasteiger partial charge in [0.15, 0.2) is 11.9 Å². The number of hydrogen-bond donors (Lipinski definition) is 1. The first kappa shape index (κ1) is 29.4. The lowest BCUT2D eigenvalue weighted by molar-refractivity contribution is -0.396. The Morgan fingerprint density at radius 2 is 1.30 bits per heavy atom. The highest BCUT2D eigenvalue weighted by Crippen LogP contribution is 2.41. The molecule has 4 aromatic rings. The van der Waals surface area contributed by atoms with Gasteiger partial charge in [-0.25, -0.2) is 0 Å². The number of hydrogen-bond acceptors (Lipinski definition) is 8. The minimum absolute atomic E-state index is 0.250. The summed E-state index contributed by atoms with van der Waals surface area (Å²) in [5.74, 6) is 0.986. The first-order valence-electron chi connectivity index (χ1n) is 14.2. The molecule has 2 aliphatic rings. The lowest BCUT2D eigenvalue weighted by Crippen LogP contribution is -2.64. The smallest absolute Gasteiger partial charge is 0.174 e. The molecule has 2 heterocycles. The average Bonchev–Trinajstić information content (AvgIpc) is 3.06. The molecule has 0 unspecified atom stereocenters. The Morgan fingerprint density at radius 3 is 1.91 bits per heavy atom. The molecule has 2 fully saturated rings. The second-order valence-corrected chi connectivity index (χ2v) is 11.5. The molecule has 0 aromatic heterocycles. The molecular weight excluding hydrogens is 564 g/mol. The average molecular weight is 599 g/mol. The molecule has 0 spiro atoms. The van der Waals surface area contributed by atoms with E-state index in [2.05, 4.69) is 0 Å². The SMILES string of the molecule is COc1ccc(/C=C2/OO[C@H]3[C@H](OCc4ccccc4)[C@H](OCc4ccccc4)[C@@H](Sc4ccccc4)O[C@@H]3[C@H]2O)cc1. The molecule has 4 aromatic carbocycles. The zero-order valence-corrected chi connectivity index (χ0v) is 24.5. The Balaban J connectivity index is 1.30. The fraction of sp³-hybridized carbons (Fsp3) is 0.257. The van der Waals surface area contributed by atoms with E-state index in [4.69, 9.17) is 28.7 Å². The summed E-state index contributed by atoms with van der Waals surface area (Å²) in [6, 6.07) is 37.4. The van der Waals surface area contributed by atoms with Gasteiger partial charge in [0.05, 0.1) is 20.3 Å². The summed E-state index contributed by atoms with van der Waals surface area (Å²) in [5, 5.41) is 11.6. The molecule has 0 radical (unpaired) electrons. The van der Waals surface area contributed by atoms with Gasteiger partial charge in [-0.1, -0.05) is 103 Å². The van der Waals surface area contributed by atoms with Crippen LogP contribution >= 0.6 is 11.8 Å². The number of aliphatic hydroxyl groups excluding tert-OH is 1. The molecule has 2 aliphatic heterocycles. The molecule has 0 saturated carbocycles. The number of methoxy groups -OCH3 is 1. The second-order valence-electron chi connectivity index (χ2n) is 10.3. The molecule has 6 rings (SSSR count). The van der Waals surface area contributed by atoms with E-state index in [0.717, 1.165) is 27.3 Å². The van der Waals surface area contributed by atoms with Gasteiger partial charge >= 0.3 is 0 Å². The van der Waals surface area contributed by atoms with Crippen LogP contribution < -0.4 is 4.74 Å². The van der Waals surface area contributed by atoms with Crippen LogP contribution in [0.2, 0.25) is 0 Å². The van der Waals surface area contributed by atoms with E-state index in [-0.39, 0.29) is 5.76 Å². The number of rotatable bonds is 10. The number of aliphatic hydroxyl groups is 1. The second kappa shape index (κ2) is 14.2. The molecule has 2 saturated heterocycles. The summed E-state index contributed by atoms with van der Waals surface area (Å²) < 4.78 is 25.0. The quantitative estimate of drug-likeness (QED) is 0.210. The molecule has 0 amide bonds. The Morgan fingerprint density at radius 1 is 0.721 bits per heavy atom. The van der Waals surface area contributed by atoms with Gasteiger partial charge in [0.25, 0.3) is 0 Å². The van der Waals surface area contributed by atoms with Crippen LogP contribution in [0.3, 0.4) is 0 Å². The van der Waals surface area contributed by atoms with Crippen molar-refractivity contribution in [2.24, 2.45) is 0 Å². The highest BCUT2D eigenvalue weighted by Gasteiger charge is 2.55. The summed E-state index contributed by atoms with van der Waals surface area (Å²) in [6.45, 7) is 0.686. The molecule has 222 valence electrons. The topological polar surface area (TPSA) is 75.6 Å². The van der Waals surface area contributed by atoms with Crippen LogP contribution in [-0.4, -0.2) is 48.2 Å². The lowest BCUT2D eigenvalue weighted by atomic mass is 9.93. The standard InChI is InChI=1S/C35H34O7S/c1-37-27-19-17-24(18-20-27)21-29-30(36)31-33(42-41-29)32(38-22-25-11-5-2-6-12-25)34(39-23-26-13-7-3-8-14-26)35(40-31)43-28-15-9-4-10-16-28/h2-21,30-36H,22-23H2,1H3/b29-21+/t30-,31+,32-,33+,34-,35+/m0/s1. The van der Waals surface area contributed by atoms with Gasteiger partial charge < -0.3 is 28.9 Å². The molecule has 7 nitrogen and oxygen atoms in total. The lowest BCUT2D eigenvalue weighted by Gasteiger charge is -2.48. The largest absolute Gasteiger partial charge is 0.497 e. The summed E-state index contributed by atoms with van der Waals surface area (Å²) in [7, 11) is 1.62. The van der Waals surface area contributed by atoms with Gasteiger partial charge in [0.1, 0.15) is 35.6 Å². The minimum Gasteiger partial charge on any atom is -0.497 e. The van der Waals surface area contributed by atoms with Gasteiger partial charge in [0, 0.05) is 4.90 Å². The molecule has 0 bridgehead atoms. The molecule has 43 heavy (non-hydrogen) atoms. The van der Waals surface area contributed by atoms with Gasteiger partial charge in [-0.2, -0.15) is 4.89 Å². The van der Waals surface area contributed by atoms with Crippen molar-refractivity contribution in [1.29, 1.82) is 0 Å². The van der Waals surface area contributed by atoms with E-state index < -0.39 is 36.0 Å². The molecule has 8 heteroatoms. The highest BCUT2D eigenvalue weighted by atomic mass is 32.2. The highest BCUT2D eigenvalue weighted by molar-refractivity contribution is 7.99. The first-order chi connectivity index (χ1) is 21.2. The maximum absolute atomic E-state index is 11.6. The third-order valence-corrected chi connectivity index (χ3v) is 8.54. The number of thioether (sulfide) groups is 1. The van der Waals surface area contributed by atoms with Gasteiger partial charge in [-0.05, 0) is 47.0 Å². The Labute approximate surface area is 255 Å². The summed E-state index contributed by atoms with van der Waals surface area (Å²) in [6.07, 6.45) is -2.03. The number of fused-ring (bicyclic) bond motifs is 1. The van der Waals surface area contributed by atoms with Crippen molar-refractivity contribution < 1.29 is 33.8 Å². The van der Waals surface area contributed by atoms with Crippen molar-refractivity contribution in [1.82, 2.24) is 0 Å². The Bertz CT molecular complexity index is 1450. The van der Waals surface area contributed by atoms with Crippen molar-refractivity contribution in [2.45, 2.75) is 54.1 Å². The number of benzene rings is 4. The molecule has 6 atom stereocenters. The maximum atomic E-state index is 11.6. The van der Waals surface area contributed by atoms with Gasteiger partial charge in [0.2, 0.25) is 0 Å². The normalized spacial score (nSPS) is 26.0. The van der Waals surface area contributed by atoms with Crippen LogP contribution in [0.5, 0.6) is 5.75 Å². The van der Waals surface area contributed by atoms with Crippen LogP contribution in [0.1, 0.15) is 16.7 Å². The fourth-order valence-corrected chi connectivity index (χ4v) is 6.26. The monoisotopic (exact) mass is 598 g/mol. The predicted molar refractivity (Wildman–Crippen MR) is 164 cm³/mol. The fourth-order valence-electron chi connectivity index (χ4n) is 5.12. The van der Waals surface area contributed by atoms with Crippen LogP contribution in [0, 0.1) is 0 Å². The zero-order chi connectivity index (χ0) is 29.4. The third kappa shape index (κ3) is 7.30. The van der Waals surface area contributed by atoms with E-state index >= 15 is 0 Å². The Hall–Kier alpha value is -3.63. The Kier molecular flexibility index (Phi) is 9.74. The third-order valence-electron chi connectivity index (χ3n) is 7.38. The van der Waals surface area contributed by atoms with Crippen LogP contribution in [0.25, 0.3) is 6.08 Å². The van der Waals surface area contributed by atoms with E-state index in [1.807, 2.05) is 115 Å². The van der Waals surface area contributed by atoms with E-state index in [1.54, 1.807) is 13.2 Å². The summed E-state index contributed by atoms with van der Waals surface area (Å²) in [4.78, 5) is 12.7. The summed E-state index contributed by atoms with van der Waals surface area (Å²) in [5.41, 5.74) is 2.35. The van der Waals surface area contributed by atoms with Crippen LogP contribution in [0.4, 0.5) is 0 Å². The van der Waals surface area contributed by atoms with Crippen molar-refractivity contribution in [3.05, 3.63) is 138 Å².